The van der Waals surface area contributed by atoms with E-state index in [2.05, 4.69) is 34.5 Å². The third-order valence-electron chi connectivity index (χ3n) is 3.11. The van der Waals surface area contributed by atoms with Crippen molar-refractivity contribution in [2.45, 2.75) is 13.8 Å². The Balaban J connectivity index is 2.45. The highest BCUT2D eigenvalue weighted by molar-refractivity contribution is 14.1. The van der Waals surface area contributed by atoms with Crippen molar-refractivity contribution in [1.29, 1.82) is 0 Å². The number of thiocarbonyl (C=S) groups is 1. The van der Waals surface area contributed by atoms with Crippen molar-refractivity contribution in [2.75, 3.05) is 6.54 Å². The molecule has 0 radical (unpaired) electrons. The molecule has 1 aromatic rings. The van der Waals surface area contributed by atoms with Gasteiger partial charge in [0.15, 0.2) is 5.11 Å². The van der Waals surface area contributed by atoms with Crippen LogP contribution in [0.4, 0.5) is 0 Å². The maximum Gasteiger partial charge on any atom is 0.265 e. The summed E-state index contributed by atoms with van der Waals surface area (Å²) >= 11 is 8.81. The molecule has 0 atom stereocenters. The second-order valence-corrected chi connectivity index (χ2v) is 7.20. The molecule has 1 fully saturated rings. The minimum absolute atomic E-state index is 0.101. The summed E-state index contributed by atoms with van der Waals surface area (Å²) in [6.45, 7) is 7.91. The molecule has 0 aliphatic carbocycles. The number of aryl methyl sites for hydroxylation is 1. The molecule has 1 aliphatic rings. The maximum absolute atomic E-state index is 12.4. The lowest BCUT2D eigenvalue weighted by Crippen LogP contribution is -2.53. The molecule has 7 heteroatoms. The van der Waals surface area contributed by atoms with Gasteiger partial charge in [-0.3, -0.25) is 19.8 Å². The summed E-state index contributed by atoms with van der Waals surface area (Å²) in [5.74, 6) is -0.840. The summed E-state index contributed by atoms with van der Waals surface area (Å²) in [6, 6.07) is 0. The van der Waals surface area contributed by atoms with Crippen LogP contribution in [0.15, 0.2) is 18.2 Å². The van der Waals surface area contributed by atoms with Crippen molar-refractivity contribution >= 4 is 69.1 Å². The van der Waals surface area contributed by atoms with Crippen molar-refractivity contribution in [3.8, 4) is 0 Å². The van der Waals surface area contributed by atoms with Gasteiger partial charge in [0.05, 0.1) is 0 Å². The van der Waals surface area contributed by atoms with Crippen LogP contribution < -0.4 is 5.32 Å². The van der Waals surface area contributed by atoms with Gasteiger partial charge < -0.3 is 0 Å². The van der Waals surface area contributed by atoms with Gasteiger partial charge in [0.2, 0.25) is 0 Å². The highest BCUT2D eigenvalue weighted by Crippen LogP contribution is 2.31. The molecule has 0 saturated carbocycles. The van der Waals surface area contributed by atoms with Crippen molar-refractivity contribution in [1.82, 2.24) is 10.2 Å². The second-order valence-electron chi connectivity index (χ2n) is 4.48. The fraction of sp³-hybridized carbons (Fsp3) is 0.214. The molecular weight excluding hydrogens is 419 g/mol. The summed E-state index contributed by atoms with van der Waals surface area (Å²) in [6.07, 6.45) is 3.21. The van der Waals surface area contributed by atoms with Crippen molar-refractivity contribution in [3.63, 3.8) is 0 Å². The van der Waals surface area contributed by atoms with E-state index in [1.807, 2.05) is 13.8 Å². The van der Waals surface area contributed by atoms with E-state index in [4.69, 9.17) is 12.2 Å². The smallest absolute Gasteiger partial charge is 0.265 e. The van der Waals surface area contributed by atoms with Crippen LogP contribution in [0.1, 0.15) is 15.3 Å². The average Bonchev–Trinajstić information content (AvgIpc) is 2.67. The number of nitrogens with one attached hydrogen (secondary N) is 1. The van der Waals surface area contributed by atoms with E-state index in [-0.39, 0.29) is 23.1 Å². The molecule has 0 bridgehead atoms. The highest BCUT2D eigenvalue weighted by Gasteiger charge is 2.32. The van der Waals surface area contributed by atoms with E-state index in [1.54, 1.807) is 23.5 Å². The largest absolute Gasteiger partial charge is 0.298 e. The number of amides is 2. The van der Waals surface area contributed by atoms with Crippen molar-refractivity contribution in [3.05, 3.63) is 37.1 Å². The van der Waals surface area contributed by atoms with Gasteiger partial charge in [-0.05, 0) is 60.3 Å². The summed E-state index contributed by atoms with van der Waals surface area (Å²) in [5.41, 5.74) is 1.28. The predicted molar refractivity (Wildman–Crippen MR) is 97.1 cm³/mol. The Morgan fingerprint density at radius 1 is 1.43 bits per heavy atom. The van der Waals surface area contributed by atoms with Crippen molar-refractivity contribution in [2.24, 2.45) is 0 Å². The second kappa shape index (κ2) is 6.37. The molecule has 4 nitrogen and oxygen atoms in total. The summed E-state index contributed by atoms with van der Waals surface area (Å²) < 4.78 is 1.06. The van der Waals surface area contributed by atoms with Gasteiger partial charge in [0.25, 0.3) is 11.8 Å². The van der Waals surface area contributed by atoms with Crippen LogP contribution in [0.25, 0.3) is 6.08 Å². The van der Waals surface area contributed by atoms with Crippen LogP contribution in [0.5, 0.6) is 0 Å². The number of carbonyl (C=O) groups is 2. The highest BCUT2D eigenvalue weighted by atomic mass is 127. The number of nitrogens with zero attached hydrogens (tertiary/aromatic N) is 1. The first kappa shape index (κ1) is 16.3. The molecule has 0 spiro atoms. The zero-order chi connectivity index (χ0) is 15.7. The Labute approximate surface area is 146 Å². The Hall–Kier alpha value is -1.06. The third-order valence-corrected chi connectivity index (χ3v) is 6.34. The van der Waals surface area contributed by atoms with Gasteiger partial charge in [-0.1, -0.05) is 6.08 Å². The number of carbonyl (C=O) groups excluding carboxylic acids is 2. The third kappa shape index (κ3) is 3.09. The molecule has 1 aliphatic heterocycles. The van der Waals surface area contributed by atoms with E-state index in [0.717, 1.165) is 8.45 Å². The number of hydrogen-bond acceptors (Lipinski definition) is 4. The first-order chi connectivity index (χ1) is 9.86. The molecule has 1 saturated heterocycles. The summed E-state index contributed by atoms with van der Waals surface area (Å²) in [5, 5.41) is 2.66. The summed E-state index contributed by atoms with van der Waals surface area (Å²) in [4.78, 5) is 27.9. The Morgan fingerprint density at radius 2 is 2.10 bits per heavy atom. The Kier molecular flexibility index (Phi) is 4.95. The minimum atomic E-state index is -0.454. The number of hydrogen-bond donors (Lipinski definition) is 1. The molecule has 0 unspecified atom stereocenters. The molecule has 110 valence electrons. The van der Waals surface area contributed by atoms with E-state index in [9.17, 15) is 9.59 Å². The molecule has 2 amide bonds. The number of halogens is 1. The molecule has 0 aromatic carbocycles. The summed E-state index contributed by atoms with van der Waals surface area (Å²) in [7, 11) is 0. The van der Waals surface area contributed by atoms with Gasteiger partial charge in [0, 0.05) is 19.9 Å². The molecule has 2 rings (SSSR count). The molecule has 1 N–H and O–H groups in total. The van der Waals surface area contributed by atoms with Crippen LogP contribution in [-0.4, -0.2) is 28.4 Å². The van der Waals surface area contributed by atoms with Gasteiger partial charge in [0.1, 0.15) is 5.57 Å². The predicted octanol–water partition coefficient (Wildman–Crippen LogP) is 2.78. The van der Waals surface area contributed by atoms with Crippen molar-refractivity contribution < 1.29 is 9.59 Å². The Bertz CT molecular complexity index is 691. The Morgan fingerprint density at radius 3 is 2.62 bits per heavy atom. The molecular formula is C14H13IN2O2S2. The monoisotopic (exact) mass is 432 g/mol. The minimum Gasteiger partial charge on any atom is -0.298 e. The fourth-order valence-corrected chi connectivity index (χ4v) is 4.17. The lowest BCUT2D eigenvalue weighted by atomic mass is 10.1. The van der Waals surface area contributed by atoms with E-state index >= 15 is 0 Å². The van der Waals surface area contributed by atoms with E-state index in [1.165, 1.54) is 15.3 Å². The molecule has 2 heterocycles. The first-order valence-electron chi connectivity index (χ1n) is 6.12. The number of thiophene rings is 1. The van der Waals surface area contributed by atoms with Gasteiger partial charge in [-0.15, -0.1) is 17.9 Å². The fourth-order valence-electron chi connectivity index (χ4n) is 1.84. The number of rotatable bonds is 3. The molecule has 21 heavy (non-hydrogen) atoms. The van der Waals surface area contributed by atoms with E-state index < -0.39 is 5.91 Å². The SMILES string of the molecule is C=CCN1C(=O)/C(=C/c2sc(C)c(C)c2I)C(=O)NC1=S. The van der Waals surface area contributed by atoms with Gasteiger partial charge in [-0.25, -0.2) is 0 Å². The average molecular weight is 432 g/mol. The first-order valence-corrected chi connectivity index (χ1v) is 8.42. The van der Waals surface area contributed by atoms with Crippen LogP contribution in [0.2, 0.25) is 0 Å². The van der Waals surface area contributed by atoms with Gasteiger partial charge in [-0.2, -0.15) is 0 Å². The lowest BCUT2D eigenvalue weighted by molar-refractivity contribution is -0.128. The van der Waals surface area contributed by atoms with E-state index in [0.29, 0.717) is 0 Å². The topological polar surface area (TPSA) is 49.4 Å². The normalized spacial score (nSPS) is 17.4. The zero-order valence-electron chi connectivity index (χ0n) is 11.5. The van der Waals surface area contributed by atoms with Gasteiger partial charge >= 0.3 is 0 Å². The van der Waals surface area contributed by atoms with Crippen LogP contribution in [0, 0.1) is 17.4 Å². The maximum atomic E-state index is 12.4. The molecule has 1 aromatic heterocycles. The zero-order valence-corrected chi connectivity index (χ0v) is 15.3. The van der Waals surface area contributed by atoms with Crippen LogP contribution >= 0.6 is 46.1 Å². The lowest BCUT2D eigenvalue weighted by Gasteiger charge is -2.27. The standard InChI is InChI=1S/C14H13IN2O2S2/c1-4-5-17-13(19)9(12(18)16-14(17)20)6-10-11(15)7(2)8(3)21-10/h4,6H,1,5H2,2-3H3,(H,16,18,20)/b9-6+. The van der Waals surface area contributed by atoms with Crippen LogP contribution in [0.3, 0.4) is 0 Å². The van der Waals surface area contributed by atoms with Crippen LogP contribution in [-0.2, 0) is 9.59 Å². The quantitative estimate of drug-likeness (QED) is 0.263.